The number of amides is 1. The minimum atomic E-state index is -1.39. The molecule has 1 amide bonds. The van der Waals surface area contributed by atoms with Gasteiger partial charge in [-0.1, -0.05) is 36.4 Å². The largest absolute Gasteiger partial charge is 0.508 e. The van der Waals surface area contributed by atoms with E-state index in [4.69, 9.17) is 10.2 Å². The number of benzene rings is 2. The van der Waals surface area contributed by atoms with E-state index < -0.39 is 24.9 Å². The molecule has 6 nitrogen and oxygen atoms in total. The summed E-state index contributed by atoms with van der Waals surface area (Å²) in [5.74, 6) is 0.458. The van der Waals surface area contributed by atoms with Crippen molar-refractivity contribution in [2.45, 2.75) is 12.3 Å². The van der Waals surface area contributed by atoms with Crippen molar-refractivity contribution in [3.63, 3.8) is 0 Å². The van der Waals surface area contributed by atoms with E-state index in [1.807, 2.05) is 6.07 Å². The van der Waals surface area contributed by atoms with E-state index in [1.54, 1.807) is 54.6 Å². The van der Waals surface area contributed by atoms with Gasteiger partial charge < -0.3 is 10.2 Å². The Balaban J connectivity index is 0.000000336. The molecule has 1 heterocycles. The standard InChI is InChI=1S/C14H15F2N3O2.C6H6O/c1-14(8-15,9-16)11-7-12(17-13(20)21)19(18-11)10-5-3-2-4-6-10;7-6-4-2-1-3-5-6/h2-7,17H,8-9H2,1H3,(H,20,21);1-5,7H. The topological polar surface area (TPSA) is 87.4 Å². The number of phenolic OH excluding ortho intramolecular Hbond substituents is 1. The number of para-hydroxylation sites is 2. The molecule has 1 aromatic heterocycles. The molecule has 0 radical (unpaired) electrons. The Morgan fingerprint density at radius 3 is 2.04 bits per heavy atom. The second kappa shape index (κ2) is 9.50. The van der Waals surface area contributed by atoms with Crippen LogP contribution in [0.25, 0.3) is 5.69 Å². The third kappa shape index (κ3) is 5.29. The molecule has 0 aliphatic heterocycles. The maximum Gasteiger partial charge on any atom is 0.410 e. The van der Waals surface area contributed by atoms with E-state index in [9.17, 15) is 13.6 Å². The van der Waals surface area contributed by atoms with Crippen LogP contribution < -0.4 is 5.32 Å². The van der Waals surface area contributed by atoms with Gasteiger partial charge in [0.15, 0.2) is 0 Å². The molecule has 0 fully saturated rings. The highest BCUT2D eigenvalue weighted by atomic mass is 19.1. The molecule has 8 heteroatoms. The molecule has 3 aromatic rings. The van der Waals surface area contributed by atoms with Gasteiger partial charge in [-0.3, -0.25) is 5.32 Å². The first-order chi connectivity index (χ1) is 13.4. The Morgan fingerprint density at radius 2 is 1.61 bits per heavy atom. The fourth-order valence-corrected chi connectivity index (χ4v) is 2.24. The summed E-state index contributed by atoms with van der Waals surface area (Å²) in [5, 5.41) is 23.8. The van der Waals surface area contributed by atoms with Crippen LogP contribution in [0.3, 0.4) is 0 Å². The highest BCUT2D eigenvalue weighted by Crippen LogP contribution is 2.28. The zero-order valence-corrected chi connectivity index (χ0v) is 15.2. The van der Waals surface area contributed by atoms with Crippen LogP contribution in [0.4, 0.5) is 19.4 Å². The van der Waals surface area contributed by atoms with Crippen LogP contribution in [0.5, 0.6) is 5.75 Å². The summed E-state index contributed by atoms with van der Waals surface area (Å²) in [6.07, 6.45) is -1.28. The average Bonchev–Trinajstić information content (AvgIpc) is 3.13. The zero-order valence-electron chi connectivity index (χ0n) is 15.2. The number of nitrogens with zero attached hydrogens (tertiary/aromatic N) is 2. The Morgan fingerprint density at radius 1 is 1.07 bits per heavy atom. The number of rotatable bonds is 5. The van der Waals surface area contributed by atoms with Crippen molar-refractivity contribution in [2.24, 2.45) is 0 Å². The van der Waals surface area contributed by atoms with Gasteiger partial charge in [-0.05, 0) is 31.2 Å². The molecule has 0 aliphatic rings. The number of aromatic nitrogens is 2. The highest BCUT2D eigenvalue weighted by molar-refractivity contribution is 5.82. The molecule has 0 aliphatic carbocycles. The quantitative estimate of drug-likeness (QED) is 0.597. The van der Waals surface area contributed by atoms with Crippen LogP contribution in [-0.2, 0) is 5.41 Å². The molecular weight excluding hydrogens is 368 g/mol. The maximum atomic E-state index is 13.1. The molecule has 0 saturated carbocycles. The number of phenols is 1. The number of anilines is 1. The number of carboxylic acid groups (broad SMARTS) is 1. The molecule has 28 heavy (non-hydrogen) atoms. The van der Waals surface area contributed by atoms with Crippen LogP contribution >= 0.6 is 0 Å². The number of aromatic hydroxyl groups is 1. The molecule has 2 aromatic carbocycles. The number of hydrogen-bond acceptors (Lipinski definition) is 3. The maximum absolute atomic E-state index is 13.1. The van der Waals surface area contributed by atoms with E-state index >= 15 is 0 Å². The van der Waals surface area contributed by atoms with Crippen molar-refractivity contribution in [2.75, 3.05) is 18.7 Å². The summed E-state index contributed by atoms with van der Waals surface area (Å²) in [6.45, 7) is -0.459. The molecule has 0 bridgehead atoms. The number of nitrogens with one attached hydrogen (secondary N) is 1. The van der Waals surface area contributed by atoms with Crippen LogP contribution in [-0.4, -0.2) is 39.4 Å². The van der Waals surface area contributed by atoms with Crippen LogP contribution in [0, 0.1) is 0 Å². The lowest BCUT2D eigenvalue weighted by atomic mass is 9.90. The first-order valence-corrected chi connectivity index (χ1v) is 8.41. The minimum Gasteiger partial charge on any atom is -0.508 e. The summed E-state index contributed by atoms with van der Waals surface area (Å²) in [7, 11) is 0. The number of alkyl halides is 2. The molecule has 3 rings (SSSR count). The monoisotopic (exact) mass is 389 g/mol. The summed E-state index contributed by atoms with van der Waals surface area (Å²) >= 11 is 0. The van der Waals surface area contributed by atoms with Gasteiger partial charge in [0.1, 0.15) is 24.9 Å². The molecular formula is C20H21F2N3O3. The van der Waals surface area contributed by atoms with Gasteiger partial charge in [0, 0.05) is 6.07 Å². The minimum absolute atomic E-state index is 0.136. The van der Waals surface area contributed by atoms with Gasteiger partial charge in [-0.15, -0.1) is 0 Å². The fourth-order valence-electron chi connectivity index (χ4n) is 2.24. The molecule has 3 N–H and O–H groups in total. The smallest absolute Gasteiger partial charge is 0.410 e. The average molecular weight is 389 g/mol. The van der Waals surface area contributed by atoms with Gasteiger partial charge in [0.2, 0.25) is 0 Å². The number of carbonyl (C=O) groups is 1. The molecule has 148 valence electrons. The van der Waals surface area contributed by atoms with E-state index in [2.05, 4.69) is 10.4 Å². The van der Waals surface area contributed by atoms with Gasteiger partial charge >= 0.3 is 6.09 Å². The lowest BCUT2D eigenvalue weighted by Gasteiger charge is -2.19. The van der Waals surface area contributed by atoms with E-state index in [-0.39, 0.29) is 11.5 Å². The van der Waals surface area contributed by atoms with Crippen molar-refractivity contribution < 1.29 is 23.8 Å². The Labute approximate surface area is 161 Å². The Hall–Kier alpha value is -3.42. The van der Waals surface area contributed by atoms with Crippen molar-refractivity contribution >= 4 is 11.9 Å². The molecule has 0 saturated heterocycles. The van der Waals surface area contributed by atoms with Crippen molar-refractivity contribution in [1.29, 1.82) is 0 Å². The van der Waals surface area contributed by atoms with Gasteiger partial charge in [0.25, 0.3) is 0 Å². The van der Waals surface area contributed by atoms with E-state index in [0.717, 1.165) is 0 Å². The first-order valence-electron chi connectivity index (χ1n) is 8.41. The predicted molar refractivity (Wildman–Crippen MR) is 103 cm³/mol. The SMILES string of the molecule is CC(CF)(CF)c1cc(NC(=O)O)n(-c2ccccc2)n1.Oc1ccccc1. The van der Waals surface area contributed by atoms with Gasteiger partial charge in [-0.25, -0.2) is 18.3 Å². The van der Waals surface area contributed by atoms with Crippen molar-refractivity contribution in [3.8, 4) is 11.4 Å². The number of halogens is 2. The lowest BCUT2D eigenvalue weighted by Crippen LogP contribution is -2.28. The number of hydrogen-bond donors (Lipinski definition) is 3. The zero-order chi connectivity index (χ0) is 20.6. The van der Waals surface area contributed by atoms with E-state index in [0.29, 0.717) is 11.4 Å². The normalized spacial score (nSPS) is 10.7. The predicted octanol–water partition coefficient (Wildman–Crippen LogP) is 4.55. The third-order valence-corrected chi connectivity index (χ3v) is 3.91. The Kier molecular flexibility index (Phi) is 7.08. The summed E-state index contributed by atoms with van der Waals surface area (Å²) in [6, 6.07) is 18.8. The summed E-state index contributed by atoms with van der Waals surface area (Å²) < 4.78 is 27.5. The fraction of sp³-hybridized carbons (Fsp3) is 0.200. The third-order valence-electron chi connectivity index (χ3n) is 3.91. The molecule has 0 atom stereocenters. The molecule has 0 spiro atoms. The lowest BCUT2D eigenvalue weighted by molar-refractivity contribution is 0.209. The van der Waals surface area contributed by atoms with Crippen LogP contribution in [0.15, 0.2) is 66.7 Å². The summed E-state index contributed by atoms with van der Waals surface area (Å²) in [5.41, 5.74) is -0.651. The van der Waals surface area contributed by atoms with Gasteiger partial charge in [-0.2, -0.15) is 5.10 Å². The summed E-state index contributed by atoms with van der Waals surface area (Å²) in [4.78, 5) is 10.8. The van der Waals surface area contributed by atoms with Crippen molar-refractivity contribution in [3.05, 3.63) is 72.4 Å². The van der Waals surface area contributed by atoms with E-state index in [1.165, 1.54) is 17.7 Å². The second-order valence-corrected chi connectivity index (χ2v) is 6.26. The van der Waals surface area contributed by atoms with Crippen LogP contribution in [0.2, 0.25) is 0 Å². The van der Waals surface area contributed by atoms with Crippen LogP contribution in [0.1, 0.15) is 12.6 Å². The molecule has 0 unspecified atom stereocenters. The second-order valence-electron chi connectivity index (χ2n) is 6.26. The van der Waals surface area contributed by atoms with Crippen molar-refractivity contribution in [1.82, 2.24) is 9.78 Å². The first kappa shape index (κ1) is 20.9. The Bertz CT molecular complexity index is 882. The highest BCUT2D eigenvalue weighted by Gasteiger charge is 2.31. The van der Waals surface area contributed by atoms with Gasteiger partial charge in [0.05, 0.1) is 16.8 Å².